The van der Waals surface area contributed by atoms with Crippen LogP contribution in [0, 0.1) is 6.07 Å². The number of benzene rings is 8. The first-order valence-electron chi connectivity index (χ1n) is 24.2. The minimum absolute atomic E-state index is 0. The molecule has 0 atom stereocenters. The van der Waals surface area contributed by atoms with E-state index in [1.54, 1.807) is 0 Å². The van der Waals surface area contributed by atoms with Crippen molar-refractivity contribution in [3.8, 4) is 67.5 Å². The summed E-state index contributed by atoms with van der Waals surface area (Å²) in [6.07, 6.45) is 1.90. The minimum atomic E-state index is -0.191. The molecule has 3 aromatic heterocycles. The summed E-state index contributed by atoms with van der Waals surface area (Å²) in [5, 5.41) is 13.9. The SMILES string of the molecule is CC(C)(C)c1cc(-c2cc(-c3ccc(C(C)(C)c4ccccc4)cc3)ccn2)[c-]c(-c2cccc3c2nc(-c2cc4oc5ccccc5c4cc2O)n3-c2ccc(C(C)(C)C)cc2-c2ccccc2)c1.[Pt]. The average molecular weight is 1110 g/mol. The Bertz CT molecular complexity index is 3760. The molecule has 11 rings (SSSR count). The van der Waals surface area contributed by atoms with Gasteiger partial charge in [0, 0.05) is 54.7 Å². The van der Waals surface area contributed by atoms with Gasteiger partial charge in [-0.05, 0) is 86.7 Å². The monoisotopic (exact) mass is 1110 g/mol. The molecule has 1 N–H and O–H groups in total. The number of furan rings is 1. The van der Waals surface area contributed by atoms with Crippen molar-refractivity contribution in [2.24, 2.45) is 0 Å². The van der Waals surface area contributed by atoms with Gasteiger partial charge in [0.2, 0.25) is 0 Å². The van der Waals surface area contributed by atoms with E-state index in [4.69, 9.17) is 14.4 Å². The fourth-order valence-electron chi connectivity index (χ4n) is 9.87. The number of phenolic OH excluding ortho intramolecular Hbond substituents is 1. The number of phenols is 1. The summed E-state index contributed by atoms with van der Waals surface area (Å²) in [4.78, 5) is 10.6. The Morgan fingerprint density at radius 2 is 1.15 bits per heavy atom. The maximum absolute atomic E-state index is 12.1. The minimum Gasteiger partial charge on any atom is -0.507 e. The van der Waals surface area contributed by atoms with Crippen molar-refractivity contribution in [1.82, 2.24) is 14.5 Å². The van der Waals surface area contributed by atoms with Crippen LogP contribution in [0.3, 0.4) is 0 Å². The standard InChI is InChI=1S/C65H56N3O2.Pt/c1-63(2,3)48-30-31-56(52(38-48)42-18-11-9-12-19-42)68-57-24-17-23-50(61(57)67-62(68)54-40-60-53(39-58(54)69)51-22-15-16-25-59(51)70-60)44-34-45(36-49(35-44)64(4,5)6)55-37-43(32-33-66-55)41-26-28-47(29-27-41)65(7,8)46-20-13-10-14-21-46;/h9-33,35-40,69H,1-8H3;/q-1;. The van der Waals surface area contributed by atoms with Gasteiger partial charge < -0.3 is 9.52 Å². The van der Waals surface area contributed by atoms with Gasteiger partial charge in [-0.15, -0.1) is 29.3 Å². The van der Waals surface area contributed by atoms with E-state index in [0.29, 0.717) is 17.0 Å². The van der Waals surface area contributed by atoms with Gasteiger partial charge in [0.05, 0.1) is 22.3 Å². The first-order chi connectivity index (χ1) is 33.6. The zero-order chi connectivity index (χ0) is 48.5. The van der Waals surface area contributed by atoms with Gasteiger partial charge in [-0.3, -0.25) is 9.55 Å². The Kier molecular flexibility index (Phi) is 12.1. The molecule has 354 valence electrons. The quantitative estimate of drug-likeness (QED) is 0.154. The zero-order valence-corrected chi connectivity index (χ0v) is 43.7. The molecular formula is C65H56N3O2Pt-. The number of rotatable bonds is 8. The molecule has 0 saturated carbocycles. The first kappa shape index (κ1) is 47.4. The van der Waals surface area contributed by atoms with E-state index in [1.807, 2.05) is 42.6 Å². The van der Waals surface area contributed by atoms with E-state index in [0.717, 1.165) is 83.3 Å². The Morgan fingerprint density at radius 3 is 1.89 bits per heavy atom. The molecule has 0 aliphatic carbocycles. The van der Waals surface area contributed by atoms with Gasteiger partial charge in [-0.25, -0.2) is 4.98 Å². The smallest absolute Gasteiger partial charge is 0.148 e. The van der Waals surface area contributed by atoms with E-state index < -0.39 is 0 Å². The van der Waals surface area contributed by atoms with Crippen molar-refractivity contribution in [2.75, 3.05) is 0 Å². The molecule has 8 aromatic carbocycles. The predicted molar refractivity (Wildman–Crippen MR) is 290 cm³/mol. The van der Waals surface area contributed by atoms with Crippen LogP contribution in [0.5, 0.6) is 5.75 Å². The molecule has 5 nitrogen and oxygen atoms in total. The molecule has 11 aromatic rings. The Hall–Kier alpha value is -7.33. The van der Waals surface area contributed by atoms with E-state index in [9.17, 15) is 5.11 Å². The number of pyridine rings is 1. The summed E-state index contributed by atoms with van der Waals surface area (Å²) in [5.74, 6) is 0.719. The van der Waals surface area contributed by atoms with Gasteiger partial charge in [-0.1, -0.05) is 194 Å². The van der Waals surface area contributed by atoms with Crippen LogP contribution in [0.15, 0.2) is 193 Å². The van der Waals surface area contributed by atoms with Crippen molar-refractivity contribution < 1.29 is 30.6 Å². The average Bonchev–Trinajstić information content (AvgIpc) is 3.94. The number of fused-ring (bicyclic) bond motifs is 4. The zero-order valence-electron chi connectivity index (χ0n) is 41.4. The first-order valence-corrected chi connectivity index (χ1v) is 24.2. The summed E-state index contributed by atoms with van der Waals surface area (Å²) >= 11 is 0. The molecule has 6 heteroatoms. The second-order valence-corrected chi connectivity index (χ2v) is 21.2. The fourth-order valence-corrected chi connectivity index (χ4v) is 9.87. The Labute approximate surface area is 431 Å². The van der Waals surface area contributed by atoms with Crippen LogP contribution in [0.25, 0.3) is 94.7 Å². The summed E-state index contributed by atoms with van der Waals surface area (Å²) in [7, 11) is 0. The number of nitrogens with zero attached hydrogens (tertiary/aromatic N) is 3. The van der Waals surface area contributed by atoms with Crippen LogP contribution in [0.2, 0.25) is 0 Å². The second-order valence-electron chi connectivity index (χ2n) is 21.2. The molecule has 3 heterocycles. The summed E-state index contributed by atoms with van der Waals surface area (Å²) in [5.41, 5.74) is 17.1. The topological polar surface area (TPSA) is 64.1 Å². The van der Waals surface area contributed by atoms with Gasteiger partial charge in [0.15, 0.2) is 0 Å². The van der Waals surface area contributed by atoms with Gasteiger partial charge in [0.25, 0.3) is 0 Å². The normalized spacial score (nSPS) is 12.2. The molecule has 0 aliphatic heterocycles. The van der Waals surface area contributed by atoms with Crippen LogP contribution in [0.4, 0.5) is 0 Å². The van der Waals surface area contributed by atoms with Crippen molar-refractivity contribution in [2.45, 2.75) is 71.6 Å². The second kappa shape index (κ2) is 18.1. The maximum atomic E-state index is 12.1. The number of imidazole rings is 1. The largest absolute Gasteiger partial charge is 0.507 e. The third kappa shape index (κ3) is 8.72. The molecule has 0 radical (unpaired) electrons. The molecule has 0 fully saturated rings. The van der Waals surface area contributed by atoms with Crippen molar-refractivity contribution in [3.63, 3.8) is 0 Å². The van der Waals surface area contributed by atoms with E-state index in [2.05, 4.69) is 212 Å². The summed E-state index contributed by atoms with van der Waals surface area (Å²) in [6.45, 7) is 18.0. The maximum Gasteiger partial charge on any atom is 0.148 e. The van der Waals surface area contributed by atoms with Crippen LogP contribution in [0.1, 0.15) is 77.6 Å². The summed E-state index contributed by atoms with van der Waals surface area (Å²) in [6, 6.07) is 67.5. The molecular weight excluding hydrogens is 1050 g/mol. The van der Waals surface area contributed by atoms with Crippen LogP contribution in [-0.4, -0.2) is 19.6 Å². The molecule has 71 heavy (non-hydrogen) atoms. The van der Waals surface area contributed by atoms with Crippen LogP contribution < -0.4 is 0 Å². The molecule has 0 bridgehead atoms. The molecule has 0 aliphatic rings. The van der Waals surface area contributed by atoms with Crippen LogP contribution >= 0.6 is 0 Å². The van der Waals surface area contributed by atoms with Crippen molar-refractivity contribution in [3.05, 3.63) is 217 Å². The number of aromatic nitrogens is 3. The van der Waals surface area contributed by atoms with Crippen LogP contribution in [-0.2, 0) is 37.3 Å². The number of para-hydroxylation sites is 2. The number of hydrogen-bond donors (Lipinski definition) is 1. The third-order valence-electron chi connectivity index (χ3n) is 14.1. The van der Waals surface area contributed by atoms with E-state index in [1.165, 1.54) is 16.7 Å². The van der Waals surface area contributed by atoms with Gasteiger partial charge in [0.1, 0.15) is 22.7 Å². The van der Waals surface area contributed by atoms with E-state index in [-0.39, 0.29) is 43.1 Å². The van der Waals surface area contributed by atoms with Crippen molar-refractivity contribution >= 4 is 33.0 Å². The fraction of sp³-hybridized carbons (Fsp3) is 0.169. The van der Waals surface area contributed by atoms with Crippen molar-refractivity contribution in [1.29, 1.82) is 0 Å². The number of hydrogen-bond acceptors (Lipinski definition) is 4. The summed E-state index contributed by atoms with van der Waals surface area (Å²) < 4.78 is 8.65. The molecule has 0 saturated heterocycles. The number of aromatic hydroxyl groups is 1. The Morgan fingerprint density at radius 1 is 0.493 bits per heavy atom. The van der Waals surface area contributed by atoms with E-state index >= 15 is 0 Å². The van der Waals surface area contributed by atoms with Gasteiger partial charge >= 0.3 is 0 Å². The third-order valence-corrected chi connectivity index (χ3v) is 14.1. The Balaban J connectivity index is 0.00000582. The predicted octanol–water partition coefficient (Wildman–Crippen LogP) is 17.1. The molecule has 0 amide bonds. The molecule has 0 unspecified atom stereocenters. The van der Waals surface area contributed by atoms with Gasteiger partial charge in [-0.2, -0.15) is 0 Å². The molecule has 0 spiro atoms.